The van der Waals surface area contributed by atoms with E-state index in [0.29, 0.717) is 0 Å². The molecule has 0 radical (unpaired) electrons. The molecule has 0 aromatic heterocycles. The average Bonchev–Trinajstić information content (AvgIpc) is 2.26. The Morgan fingerprint density at radius 2 is 1.87 bits per heavy atom. The van der Waals surface area contributed by atoms with Crippen molar-refractivity contribution in [2.45, 2.75) is 25.7 Å². The number of hydrogen-bond donors (Lipinski definition) is 1. The zero-order chi connectivity index (χ0) is 10.9. The van der Waals surface area contributed by atoms with Gasteiger partial charge in [0.15, 0.2) is 0 Å². The summed E-state index contributed by atoms with van der Waals surface area (Å²) in [6.07, 6.45) is 6.60. The van der Waals surface area contributed by atoms with Crippen LogP contribution in [0, 0.1) is 5.82 Å². The van der Waals surface area contributed by atoms with Crippen molar-refractivity contribution in [3.05, 3.63) is 42.7 Å². The molecule has 0 unspecified atom stereocenters. The van der Waals surface area contributed by atoms with E-state index >= 15 is 0 Å². The van der Waals surface area contributed by atoms with Gasteiger partial charge in [0.25, 0.3) is 0 Å². The third-order valence-corrected chi connectivity index (χ3v) is 2.26. The first-order valence-corrected chi connectivity index (χ1v) is 5.43. The number of anilines is 1. The molecular weight excluding hydrogens is 189 g/mol. The summed E-state index contributed by atoms with van der Waals surface area (Å²) in [5.74, 6) is -0.188. The summed E-state index contributed by atoms with van der Waals surface area (Å²) in [5, 5.41) is 3.26. The molecule has 15 heavy (non-hydrogen) atoms. The van der Waals surface area contributed by atoms with E-state index in [4.69, 9.17) is 0 Å². The molecule has 1 N–H and O–H groups in total. The summed E-state index contributed by atoms with van der Waals surface area (Å²) < 4.78 is 12.6. The lowest BCUT2D eigenvalue weighted by atomic mass is 10.2. The van der Waals surface area contributed by atoms with Gasteiger partial charge in [0.05, 0.1) is 0 Å². The predicted molar refractivity (Wildman–Crippen MR) is 63.6 cm³/mol. The third kappa shape index (κ3) is 5.21. The summed E-state index contributed by atoms with van der Waals surface area (Å²) in [6.45, 7) is 4.63. The van der Waals surface area contributed by atoms with E-state index in [-0.39, 0.29) is 5.82 Å². The van der Waals surface area contributed by atoms with Gasteiger partial charge in [-0.3, -0.25) is 0 Å². The van der Waals surface area contributed by atoms with Crippen molar-refractivity contribution in [3.8, 4) is 0 Å². The van der Waals surface area contributed by atoms with Crippen LogP contribution in [-0.4, -0.2) is 6.54 Å². The summed E-state index contributed by atoms with van der Waals surface area (Å²) in [6, 6.07) is 6.47. The number of unbranched alkanes of at least 4 members (excludes halogenated alkanes) is 3. The topological polar surface area (TPSA) is 12.0 Å². The molecule has 1 aromatic carbocycles. The van der Waals surface area contributed by atoms with Gasteiger partial charge in [-0.2, -0.15) is 0 Å². The van der Waals surface area contributed by atoms with E-state index in [9.17, 15) is 4.39 Å². The molecule has 0 saturated heterocycles. The fraction of sp³-hybridized carbons (Fsp3) is 0.385. The van der Waals surface area contributed by atoms with Crippen LogP contribution >= 0.6 is 0 Å². The normalized spacial score (nSPS) is 9.93. The van der Waals surface area contributed by atoms with Crippen molar-refractivity contribution in [2.24, 2.45) is 0 Å². The second-order valence-corrected chi connectivity index (χ2v) is 3.57. The molecule has 0 bridgehead atoms. The number of halogens is 1. The van der Waals surface area contributed by atoms with Crippen LogP contribution in [0.3, 0.4) is 0 Å². The Balaban J connectivity index is 2.09. The predicted octanol–water partition coefficient (Wildman–Crippen LogP) is 3.98. The van der Waals surface area contributed by atoms with Crippen molar-refractivity contribution in [1.29, 1.82) is 0 Å². The van der Waals surface area contributed by atoms with Crippen molar-refractivity contribution in [2.75, 3.05) is 11.9 Å². The van der Waals surface area contributed by atoms with Gasteiger partial charge in [-0.1, -0.05) is 12.5 Å². The van der Waals surface area contributed by atoms with Gasteiger partial charge >= 0.3 is 0 Å². The van der Waals surface area contributed by atoms with Gasteiger partial charge in [-0.25, -0.2) is 4.39 Å². The van der Waals surface area contributed by atoms with Gasteiger partial charge in [0.1, 0.15) is 5.82 Å². The lowest BCUT2D eigenvalue weighted by molar-refractivity contribution is 0.628. The maximum atomic E-state index is 12.6. The molecular formula is C13H18FN. The second kappa shape index (κ2) is 7.04. The molecule has 0 heterocycles. The van der Waals surface area contributed by atoms with Crippen LogP contribution in [0.1, 0.15) is 25.7 Å². The summed E-state index contributed by atoms with van der Waals surface area (Å²) >= 11 is 0. The minimum Gasteiger partial charge on any atom is -0.385 e. The number of nitrogens with one attached hydrogen (secondary N) is 1. The average molecular weight is 207 g/mol. The Morgan fingerprint density at radius 3 is 2.53 bits per heavy atom. The Labute approximate surface area is 91.0 Å². The fourth-order valence-corrected chi connectivity index (χ4v) is 1.39. The third-order valence-electron chi connectivity index (χ3n) is 2.26. The highest BCUT2D eigenvalue weighted by molar-refractivity contribution is 5.42. The van der Waals surface area contributed by atoms with Crippen LogP contribution in [0.4, 0.5) is 10.1 Å². The number of hydrogen-bond acceptors (Lipinski definition) is 1. The molecule has 1 aromatic rings. The van der Waals surface area contributed by atoms with Crippen molar-refractivity contribution < 1.29 is 4.39 Å². The number of rotatable bonds is 7. The standard InChI is InChI=1S/C13H18FN/c1-2-3-4-5-6-11-15-13-9-7-12(14)8-10-13/h2,7-10,15H,1,3-6,11H2. The van der Waals surface area contributed by atoms with Gasteiger partial charge in [-0.15, -0.1) is 6.58 Å². The van der Waals surface area contributed by atoms with Gasteiger partial charge < -0.3 is 5.32 Å². The molecule has 0 aliphatic carbocycles. The molecule has 0 spiro atoms. The SMILES string of the molecule is C=CCCCCCNc1ccc(F)cc1. The summed E-state index contributed by atoms with van der Waals surface area (Å²) in [7, 11) is 0. The molecule has 0 fully saturated rings. The van der Waals surface area contributed by atoms with Crippen LogP contribution in [0.2, 0.25) is 0 Å². The maximum Gasteiger partial charge on any atom is 0.123 e. The van der Waals surface area contributed by atoms with E-state index in [2.05, 4.69) is 11.9 Å². The van der Waals surface area contributed by atoms with Gasteiger partial charge in [-0.05, 0) is 43.5 Å². The molecule has 0 atom stereocenters. The van der Waals surface area contributed by atoms with E-state index in [0.717, 1.165) is 25.1 Å². The van der Waals surface area contributed by atoms with Crippen LogP contribution in [-0.2, 0) is 0 Å². The highest BCUT2D eigenvalue weighted by atomic mass is 19.1. The van der Waals surface area contributed by atoms with Gasteiger partial charge in [0, 0.05) is 12.2 Å². The van der Waals surface area contributed by atoms with Gasteiger partial charge in [0.2, 0.25) is 0 Å². The number of allylic oxidation sites excluding steroid dienone is 1. The molecule has 0 saturated carbocycles. The molecule has 0 aliphatic heterocycles. The lowest BCUT2D eigenvalue weighted by Gasteiger charge is -2.05. The first kappa shape index (κ1) is 11.8. The first-order valence-electron chi connectivity index (χ1n) is 5.43. The molecule has 1 rings (SSSR count). The van der Waals surface area contributed by atoms with Crippen LogP contribution in [0.15, 0.2) is 36.9 Å². The van der Waals surface area contributed by atoms with E-state index in [1.54, 1.807) is 12.1 Å². The quantitative estimate of drug-likeness (QED) is 0.526. The Morgan fingerprint density at radius 1 is 1.13 bits per heavy atom. The van der Waals surface area contributed by atoms with Crippen molar-refractivity contribution in [1.82, 2.24) is 0 Å². The van der Waals surface area contributed by atoms with Crippen molar-refractivity contribution in [3.63, 3.8) is 0 Å². The van der Waals surface area contributed by atoms with E-state index < -0.39 is 0 Å². The maximum absolute atomic E-state index is 12.6. The first-order chi connectivity index (χ1) is 7.33. The Hall–Kier alpha value is -1.31. The molecule has 82 valence electrons. The zero-order valence-corrected chi connectivity index (χ0v) is 9.01. The van der Waals surface area contributed by atoms with E-state index in [1.165, 1.54) is 25.0 Å². The zero-order valence-electron chi connectivity index (χ0n) is 9.01. The summed E-state index contributed by atoms with van der Waals surface area (Å²) in [5.41, 5.74) is 0.986. The van der Waals surface area contributed by atoms with E-state index in [1.807, 2.05) is 6.08 Å². The number of benzene rings is 1. The van der Waals surface area contributed by atoms with Crippen LogP contribution in [0.25, 0.3) is 0 Å². The van der Waals surface area contributed by atoms with Crippen LogP contribution in [0.5, 0.6) is 0 Å². The smallest absolute Gasteiger partial charge is 0.123 e. The Bertz CT molecular complexity index is 279. The monoisotopic (exact) mass is 207 g/mol. The largest absolute Gasteiger partial charge is 0.385 e. The highest BCUT2D eigenvalue weighted by Gasteiger charge is 1.92. The minimum absolute atomic E-state index is 0.188. The molecule has 1 nitrogen and oxygen atoms in total. The fourth-order valence-electron chi connectivity index (χ4n) is 1.39. The Kier molecular flexibility index (Phi) is 5.52. The molecule has 0 amide bonds. The molecule has 0 aliphatic rings. The summed E-state index contributed by atoms with van der Waals surface area (Å²) in [4.78, 5) is 0. The molecule has 2 heteroatoms. The lowest BCUT2D eigenvalue weighted by Crippen LogP contribution is -2.00. The highest BCUT2D eigenvalue weighted by Crippen LogP contribution is 2.08. The second-order valence-electron chi connectivity index (χ2n) is 3.57. The van der Waals surface area contributed by atoms with Crippen LogP contribution < -0.4 is 5.32 Å². The van der Waals surface area contributed by atoms with Crippen molar-refractivity contribution >= 4 is 5.69 Å². The minimum atomic E-state index is -0.188.